The molecule has 0 bridgehead atoms. The molecule has 0 spiro atoms. The number of rotatable bonds is 5. The lowest BCUT2D eigenvalue weighted by molar-refractivity contribution is -0.144. The van der Waals surface area contributed by atoms with Crippen LogP contribution in [0.5, 0.6) is 0 Å². The Morgan fingerprint density at radius 3 is 2.63 bits per heavy atom. The van der Waals surface area contributed by atoms with E-state index in [0.29, 0.717) is 25.2 Å². The molecule has 4 N–H and O–H groups in total. The smallest absolute Gasteiger partial charge is 0.326 e. The lowest BCUT2D eigenvalue weighted by Crippen LogP contribution is -2.60. The van der Waals surface area contributed by atoms with Crippen molar-refractivity contribution in [3.05, 3.63) is 0 Å². The SMILES string of the molecule is CCC(C)[C@H](NC(=O)C1(N)CCCC(C)C1)C(=O)O. The van der Waals surface area contributed by atoms with Crippen molar-refractivity contribution in [2.24, 2.45) is 17.6 Å². The van der Waals surface area contributed by atoms with Crippen LogP contribution in [0.15, 0.2) is 0 Å². The van der Waals surface area contributed by atoms with E-state index in [1.54, 1.807) is 0 Å². The molecule has 0 saturated heterocycles. The average molecular weight is 270 g/mol. The van der Waals surface area contributed by atoms with Gasteiger partial charge < -0.3 is 16.2 Å². The Balaban J connectivity index is 2.73. The third-order valence-corrected chi connectivity index (χ3v) is 4.25. The number of nitrogens with one attached hydrogen (secondary N) is 1. The largest absolute Gasteiger partial charge is 0.480 e. The molecule has 1 aliphatic rings. The molecule has 0 aromatic rings. The van der Waals surface area contributed by atoms with E-state index >= 15 is 0 Å². The second-order valence-electron chi connectivity index (χ2n) is 6.03. The van der Waals surface area contributed by atoms with Crippen molar-refractivity contribution >= 4 is 11.9 Å². The third kappa shape index (κ3) is 3.93. The lowest BCUT2D eigenvalue weighted by atomic mass is 9.76. The van der Waals surface area contributed by atoms with Crippen LogP contribution in [0.4, 0.5) is 0 Å². The Kier molecular flexibility index (Phi) is 5.35. The molecule has 5 heteroatoms. The molecule has 1 saturated carbocycles. The zero-order valence-electron chi connectivity index (χ0n) is 12.1. The van der Waals surface area contributed by atoms with Crippen molar-refractivity contribution in [2.45, 2.75) is 64.5 Å². The third-order valence-electron chi connectivity index (χ3n) is 4.25. The van der Waals surface area contributed by atoms with E-state index < -0.39 is 17.6 Å². The maximum atomic E-state index is 12.3. The van der Waals surface area contributed by atoms with Crippen LogP contribution in [0.1, 0.15) is 52.9 Å². The summed E-state index contributed by atoms with van der Waals surface area (Å²) in [6.45, 7) is 5.82. The second-order valence-corrected chi connectivity index (χ2v) is 6.03. The first-order valence-corrected chi connectivity index (χ1v) is 7.12. The van der Waals surface area contributed by atoms with Crippen LogP contribution in [0.2, 0.25) is 0 Å². The van der Waals surface area contributed by atoms with Crippen molar-refractivity contribution in [1.82, 2.24) is 5.32 Å². The fourth-order valence-electron chi connectivity index (χ4n) is 2.77. The van der Waals surface area contributed by atoms with Gasteiger partial charge in [0.2, 0.25) is 5.91 Å². The summed E-state index contributed by atoms with van der Waals surface area (Å²) in [7, 11) is 0. The molecule has 0 aromatic heterocycles. The zero-order valence-corrected chi connectivity index (χ0v) is 12.1. The average Bonchev–Trinajstić information content (AvgIpc) is 2.34. The first-order chi connectivity index (χ1) is 8.80. The van der Waals surface area contributed by atoms with Gasteiger partial charge in [-0.05, 0) is 24.7 Å². The topological polar surface area (TPSA) is 92.4 Å². The van der Waals surface area contributed by atoms with Gasteiger partial charge >= 0.3 is 5.97 Å². The van der Waals surface area contributed by atoms with Gasteiger partial charge in [-0.3, -0.25) is 4.79 Å². The van der Waals surface area contributed by atoms with Gasteiger partial charge in [-0.15, -0.1) is 0 Å². The monoisotopic (exact) mass is 270 g/mol. The first-order valence-electron chi connectivity index (χ1n) is 7.12. The van der Waals surface area contributed by atoms with Crippen LogP contribution < -0.4 is 11.1 Å². The molecular weight excluding hydrogens is 244 g/mol. The molecular formula is C14H26N2O3. The number of carboxylic acids is 1. The predicted octanol–water partition coefficient (Wildman–Crippen LogP) is 1.51. The summed E-state index contributed by atoms with van der Waals surface area (Å²) >= 11 is 0. The van der Waals surface area contributed by atoms with E-state index in [0.717, 1.165) is 12.8 Å². The number of carbonyl (C=O) groups is 2. The minimum atomic E-state index is -0.991. The van der Waals surface area contributed by atoms with Gasteiger partial charge in [0.05, 0.1) is 5.54 Å². The number of amides is 1. The van der Waals surface area contributed by atoms with Crippen molar-refractivity contribution in [1.29, 1.82) is 0 Å². The molecule has 3 unspecified atom stereocenters. The highest BCUT2D eigenvalue weighted by molar-refractivity contribution is 5.90. The molecule has 1 fully saturated rings. The van der Waals surface area contributed by atoms with Crippen LogP contribution in [0, 0.1) is 11.8 Å². The molecule has 1 amide bonds. The van der Waals surface area contributed by atoms with Gasteiger partial charge in [-0.25, -0.2) is 4.79 Å². The molecule has 0 radical (unpaired) electrons. The number of aliphatic carboxylic acids is 1. The highest BCUT2D eigenvalue weighted by atomic mass is 16.4. The van der Waals surface area contributed by atoms with Gasteiger partial charge in [0.1, 0.15) is 6.04 Å². The first kappa shape index (κ1) is 16.0. The van der Waals surface area contributed by atoms with Crippen molar-refractivity contribution < 1.29 is 14.7 Å². The van der Waals surface area contributed by atoms with Crippen molar-refractivity contribution in [3.8, 4) is 0 Å². The zero-order chi connectivity index (χ0) is 14.6. The maximum absolute atomic E-state index is 12.3. The van der Waals surface area contributed by atoms with Gasteiger partial charge in [0, 0.05) is 0 Å². The summed E-state index contributed by atoms with van der Waals surface area (Å²) in [5.41, 5.74) is 5.27. The summed E-state index contributed by atoms with van der Waals surface area (Å²) in [6.07, 6.45) is 3.97. The molecule has 1 aliphatic carbocycles. The number of hydrogen-bond acceptors (Lipinski definition) is 3. The maximum Gasteiger partial charge on any atom is 0.326 e. The molecule has 0 heterocycles. The van der Waals surface area contributed by atoms with E-state index in [1.165, 1.54) is 0 Å². The quantitative estimate of drug-likeness (QED) is 0.706. The summed E-state index contributed by atoms with van der Waals surface area (Å²) in [6, 6.07) is -0.852. The van der Waals surface area contributed by atoms with Crippen LogP contribution >= 0.6 is 0 Å². The number of carboxylic acid groups (broad SMARTS) is 1. The molecule has 0 aliphatic heterocycles. The van der Waals surface area contributed by atoms with Crippen LogP contribution in [0.25, 0.3) is 0 Å². The Bertz CT molecular complexity index is 346. The summed E-state index contributed by atoms with van der Waals surface area (Å²) in [5, 5.41) is 11.8. The highest BCUT2D eigenvalue weighted by Crippen LogP contribution is 2.30. The molecule has 0 aromatic carbocycles. The van der Waals surface area contributed by atoms with E-state index in [4.69, 9.17) is 5.73 Å². The Labute approximate surface area is 114 Å². The fourth-order valence-corrected chi connectivity index (χ4v) is 2.77. The number of carbonyl (C=O) groups excluding carboxylic acids is 1. The standard InChI is InChI=1S/C14H26N2O3/c1-4-10(3)11(12(17)18)16-13(19)14(15)7-5-6-9(2)8-14/h9-11H,4-8,15H2,1-3H3,(H,16,19)(H,17,18)/t9?,10?,11-,14?/m0/s1. The Hall–Kier alpha value is -1.10. The minimum Gasteiger partial charge on any atom is -0.480 e. The minimum absolute atomic E-state index is 0.105. The van der Waals surface area contributed by atoms with Gasteiger partial charge in [-0.2, -0.15) is 0 Å². The summed E-state index contributed by atoms with van der Waals surface area (Å²) < 4.78 is 0. The molecule has 19 heavy (non-hydrogen) atoms. The summed E-state index contributed by atoms with van der Waals surface area (Å²) in [4.78, 5) is 23.5. The number of hydrogen-bond donors (Lipinski definition) is 3. The van der Waals surface area contributed by atoms with Crippen LogP contribution in [-0.2, 0) is 9.59 Å². The molecule has 1 rings (SSSR count). The van der Waals surface area contributed by atoms with Crippen LogP contribution in [0.3, 0.4) is 0 Å². The van der Waals surface area contributed by atoms with E-state index in [2.05, 4.69) is 12.2 Å². The molecule has 4 atom stereocenters. The van der Waals surface area contributed by atoms with Gasteiger partial charge in [-0.1, -0.05) is 40.0 Å². The van der Waals surface area contributed by atoms with Crippen LogP contribution in [-0.4, -0.2) is 28.6 Å². The van der Waals surface area contributed by atoms with Gasteiger partial charge in [0.25, 0.3) is 0 Å². The normalized spacial score (nSPS) is 30.4. The predicted molar refractivity (Wildman–Crippen MR) is 73.6 cm³/mol. The fraction of sp³-hybridized carbons (Fsp3) is 0.857. The van der Waals surface area contributed by atoms with E-state index in [9.17, 15) is 14.7 Å². The molecule has 110 valence electrons. The van der Waals surface area contributed by atoms with Gasteiger partial charge in [0.15, 0.2) is 0 Å². The molecule has 5 nitrogen and oxygen atoms in total. The summed E-state index contributed by atoms with van der Waals surface area (Å²) in [5.74, 6) is -0.996. The Morgan fingerprint density at radius 2 is 2.16 bits per heavy atom. The number of nitrogens with two attached hydrogens (primary N) is 1. The second kappa shape index (κ2) is 6.37. The van der Waals surface area contributed by atoms with E-state index in [1.807, 2.05) is 13.8 Å². The lowest BCUT2D eigenvalue weighted by Gasteiger charge is -2.36. The van der Waals surface area contributed by atoms with Crippen molar-refractivity contribution in [3.63, 3.8) is 0 Å². The highest BCUT2D eigenvalue weighted by Gasteiger charge is 2.40. The van der Waals surface area contributed by atoms with E-state index in [-0.39, 0.29) is 11.8 Å². The Morgan fingerprint density at radius 1 is 1.53 bits per heavy atom. The van der Waals surface area contributed by atoms with Crippen molar-refractivity contribution in [2.75, 3.05) is 0 Å².